The minimum atomic E-state index is -3.36. The SMILES string of the molecule is CCS(=O)(=O)OC/C=C(\C)CC/C=C(\C)CC/C=C(\C)CC/C=C(\C)CCC=C(C)CCC=C(C)CCC=C(C)C. The summed E-state index contributed by atoms with van der Waals surface area (Å²) in [6.45, 7) is 19.3. The Kier molecular flexibility index (Phi) is 22.5. The molecule has 0 aromatic carbocycles. The van der Waals surface area contributed by atoms with Crippen molar-refractivity contribution >= 4 is 10.1 Å². The monoisotopic (exact) mass is 586 g/mol. The maximum atomic E-state index is 11.4. The predicted molar refractivity (Wildman–Crippen MR) is 183 cm³/mol. The maximum absolute atomic E-state index is 11.4. The molecule has 0 rings (SSSR count). The molecule has 0 amide bonds. The molecule has 0 saturated heterocycles. The van der Waals surface area contributed by atoms with E-state index in [2.05, 4.69) is 84.9 Å². The molecule has 0 aliphatic rings. The van der Waals surface area contributed by atoms with Gasteiger partial charge in [-0.15, -0.1) is 0 Å². The topological polar surface area (TPSA) is 43.4 Å². The summed E-state index contributed by atoms with van der Waals surface area (Å²) in [6, 6.07) is 0. The summed E-state index contributed by atoms with van der Waals surface area (Å²) in [7, 11) is -3.36. The number of hydrogen-bond acceptors (Lipinski definition) is 3. The fourth-order valence-corrected chi connectivity index (χ4v) is 4.74. The summed E-state index contributed by atoms with van der Waals surface area (Å²) in [5.74, 6) is 0.0139. The maximum Gasteiger partial charge on any atom is 0.267 e. The van der Waals surface area contributed by atoms with Crippen molar-refractivity contribution < 1.29 is 12.6 Å². The first-order valence-corrected chi connectivity index (χ1v) is 17.4. The smallest absolute Gasteiger partial charge is 0.266 e. The highest BCUT2D eigenvalue weighted by Crippen LogP contribution is 2.16. The summed E-state index contributed by atoms with van der Waals surface area (Å²) in [6.07, 6.45) is 29.4. The van der Waals surface area contributed by atoms with Crippen LogP contribution in [0.2, 0.25) is 0 Å². The zero-order chi connectivity index (χ0) is 31.1. The molecule has 234 valence electrons. The lowest BCUT2D eigenvalue weighted by molar-refractivity contribution is 0.357. The van der Waals surface area contributed by atoms with Gasteiger partial charge in [0.15, 0.2) is 0 Å². The summed E-state index contributed by atoms with van der Waals surface area (Å²) >= 11 is 0. The van der Waals surface area contributed by atoms with Gasteiger partial charge in [-0.3, -0.25) is 4.18 Å². The summed E-state index contributed by atoms with van der Waals surface area (Å²) in [5.41, 5.74) is 9.98. The van der Waals surface area contributed by atoms with Gasteiger partial charge in [-0.2, -0.15) is 8.42 Å². The van der Waals surface area contributed by atoms with E-state index >= 15 is 0 Å². The molecule has 0 bridgehead atoms. The molecule has 0 aliphatic carbocycles. The first-order chi connectivity index (χ1) is 19.3. The van der Waals surface area contributed by atoms with E-state index in [9.17, 15) is 8.42 Å². The van der Waals surface area contributed by atoms with Crippen LogP contribution in [0.4, 0.5) is 0 Å². The highest BCUT2D eigenvalue weighted by Gasteiger charge is 2.05. The Morgan fingerprint density at radius 3 is 1.00 bits per heavy atom. The molecule has 0 unspecified atom stereocenters. The fourth-order valence-electron chi connectivity index (χ4n) is 4.30. The van der Waals surface area contributed by atoms with Gasteiger partial charge in [-0.05, 0) is 139 Å². The molecule has 0 radical (unpaired) electrons. The first kappa shape index (κ1) is 39.1. The summed E-state index contributed by atoms with van der Waals surface area (Å²) in [4.78, 5) is 0. The van der Waals surface area contributed by atoms with Crippen molar-refractivity contribution in [3.8, 4) is 0 Å². The molecule has 0 heterocycles. The molecule has 4 heteroatoms. The summed E-state index contributed by atoms with van der Waals surface area (Å²) < 4.78 is 27.7. The van der Waals surface area contributed by atoms with Crippen molar-refractivity contribution in [3.63, 3.8) is 0 Å². The first-order valence-electron chi connectivity index (χ1n) is 15.8. The lowest BCUT2D eigenvalue weighted by Gasteiger charge is -2.04. The van der Waals surface area contributed by atoms with E-state index in [1.807, 2.05) is 13.0 Å². The zero-order valence-electron chi connectivity index (χ0n) is 28.1. The molecule has 0 atom stereocenters. The number of hydrogen-bond donors (Lipinski definition) is 0. The molecule has 0 saturated carbocycles. The van der Waals surface area contributed by atoms with Crippen molar-refractivity contribution in [2.24, 2.45) is 0 Å². The number of rotatable bonds is 22. The Labute approximate surface area is 255 Å². The van der Waals surface area contributed by atoms with Crippen LogP contribution in [0.3, 0.4) is 0 Å². The van der Waals surface area contributed by atoms with Crippen molar-refractivity contribution in [2.45, 2.75) is 139 Å². The minimum absolute atomic E-state index is 0.0139. The Bertz CT molecular complexity index is 1060. The van der Waals surface area contributed by atoms with E-state index in [4.69, 9.17) is 4.18 Å². The molecular weight excluding hydrogens is 524 g/mol. The minimum Gasteiger partial charge on any atom is -0.266 e. The molecule has 0 aromatic heterocycles. The molecule has 0 spiro atoms. The second kappa shape index (κ2) is 23.6. The van der Waals surface area contributed by atoms with E-state index < -0.39 is 10.1 Å². The van der Waals surface area contributed by atoms with Gasteiger partial charge in [0.2, 0.25) is 0 Å². The van der Waals surface area contributed by atoms with E-state index in [-0.39, 0.29) is 12.4 Å². The molecule has 41 heavy (non-hydrogen) atoms. The zero-order valence-corrected chi connectivity index (χ0v) is 28.9. The van der Waals surface area contributed by atoms with Gasteiger partial charge in [0.1, 0.15) is 0 Å². The Morgan fingerprint density at radius 2 is 0.732 bits per heavy atom. The van der Waals surface area contributed by atoms with E-state index in [1.165, 1.54) is 46.3 Å². The lowest BCUT2D eigenvalue weighted by Crippen LogP contribution is -2.08. The second-order valence-electron chi connectivity index (χ2n) is 11.9. The van der Waals surface area contributed by atoms with Crippen molar-refractivity contribution in [1.29, 1.82) is 0 Å². The molecule has 0 aromatic rings. The predicted octanol–water partition coefficient (Wildman–Crippen LogP) is 11.7. The standard InChI is InChI=1S/C37H62O3S/c1-10-41(38,39)40-30-29-37(9)28-16-27-36(8)26-15-25-35(7)24-14-23-34(6)22-13-21-33(5)20-12-19-32(4)18-11-17-31(2)3/h17,19,21,23,25,27,29H,10-16,18,20,22,24,26,28,30H2,1-9H3/b32-19?,33-21?,34-23+,35-25+,36-27+,37-29+. The molecule has 0 fully saturated rings. The quantitative estimate of drug-likeness (QED) is 0.0936. The van der Waals surface area contributed by atoms with E-state index in [0.717, 1.165) is 69.8 Å². The van der Waals surface area contributed by atoms with E-state index in [0.29, 0.717) is 0 Å². The highest BCUT2D eigenvalue weighted by molar-refractivity contribution is 7.86. The van der Waals surface area contributed by atoms with Gasteiger partial charge in [0.05, 0.1) is 12.4 Å². The van der Waals surface area contributed by atoms with Crippen molar-refractivity contribution in [1.82, 2.24) is 0 Å². The van der Waals surface area contributed by atoms with Crippen LogP contribution in [0.1, 0.15) is 139 Å². The fraction of sp³-hybridized carbons (Fsp3) is 0.622. The lowest BCUT2D eigenvalue weighted by atomic mass is 10.0. The average molecular weight is 587 g/mol. The third kappa shape index (κ3) is 25.5. The van der Waals surface area contributed by atoms with Crippen LogP contribution in [-0.4, -0.2) is 20.8 Å². The van der Waals surface area contributed by atoms with Crippen LogP contribution in [0, 0.1) is 0 Å². The number of allylic oxidation sites excluding steroid dienone is 13. The third-order valence-corrected chi connectivity index (χ3v) is 8.48. The largest absolute Gasteiger partial charge is 0.267 e. The highest BCUT2D eigenvalue weighted by atomic mass is 32.2. The third-order valence-electron chi connectivity index (χ3n) is 7.28. The van der Waals surface area contributed by atoms with Crippen LogP contribution < -0.4 is 0 Å². The van der Waals surface area contributed by atoms with Crippen LogP contribution in [0.15, 0.2) is 81.5 Å². The van der Waals surface area contributed by atoms with Gasteiger partial charge < -0.3 is 0 Å². The average Bonchev–Trinajstić information content (AvgIpc) is 2.88. The van der Waals surface area contributed by atoms with Gasteiger partial charge in [0, 0.05) is 0 Å². The van der Waals surface area contributed by atoms with Crippen molar-refractivity contribution in [3.05, 3.63) is 81.5 Å². The van der Waals surface area contributed by atoms with Gasteiger partial charge >= 0.3 is 0 Å². The molecule has 3 nitrogen and oxygen atoms in total. The van der Waals surface area contributed by atoms with Crippen LogP contribution in [0.5, 0.6) is 0 Å². The van der Waals surface area contributed by atoms with Gasteiger partial charge in [-0.1, -0.05) is 81.5 Å². The Hall–Kier alpha value is -1.91. The van der Waals surface area contributed by atoms with Crippen LogP contribution >= 0.6 is 0 Å². The van der Waals surface area contributed by atoms with E-state index in [1.54, 1.807) is 6.92 Å². The Balaban J connectivity index is 4.20. The molecule has 0 aliphatic heterocycles. The second-order valence-corrected chi connectivity index (χ2v) is 13.9. The van der Waals surface area contributed by atoms with Gasteiger partial charge in [0.25, 0.3) is 10.1 Å². The molecule has 0 N–H and O–H groups in total. The Morgan fingerprint density at radius 1 is 0.463 bits per heavy atom. The normalized spacial score (nSPS) is 14.6. The van der Waals surface area contributed by atoms with Crippen LogP contribution in [0.25, 0.3) is 0 Å². The molecular formula is C37H62O3S. The van der Waals surface area contributed by atoms with Crippen molar-refractivity contribution in [2.75, 3.05) is 12.4 Å². The van der Waals surface area contributed by atoms with Crippen LogP contribution in [-0.2, 0) is 14.3 Å². The summed E-state index contributed by atoms with van der Waals surface area (Å²) in [5, 5.41) is 0. The van der Waals surface area contributed by atoms with Gasteiger partial charge in [-0.25, -0.2) is 0 Å².